The van der Waals surface area contributed by atoms with Crippen LogP contribution in [0.5, 0.6) is 5.88 Å². The summed E-state index contributed by atoms with van der Waals surface area (Å²) in [4.78, 5) is 22.0. The Hall–Kier alpha value is -3.69. The number of pyridine rings is 2. The fourth-order valence-electron chi connectivity index (χ4n) is 4.81. The van der Waals surface area contributed by atoms with Gasteiger partial charge in [0.25, 0.3) is 0 Å². The Morgan fingerprint density at radius 2 is 1.80 bits per heavy atom. The van der Waals surface area contributed by atoms with Crippen molar-refractivity contribution in [3.63, 3.8) is 0 Å². The smallest absolute Gasteiger partial charge is 0.407 e. The maximum Gasteiger partial charge on any atom is 0.407 e. The van der Waals surface area contributed by atoms with Gasteiger partial charge in [-0.3, -0.25) is 9.88 Å². The molecule has 0 aliphatic carbocycles. The van der Waals surface area contributed by atoms with Gasteiger partial charge in [-0.15, -0.1) is 0 Å². The fraction of sp³-hybridized carbons (Fsp3) is 0.233. The highest BCUT2D eigenvalue weighted by Crippen LogP contribution is 2.42. The number of carbonyl (C=O) groups is 1. The first-order chi connectivity index (χ1) is 19.3. The Bertz CT molecular complexity index is 1580. The van der Waals surface area contributed by atoms with Crippen LogP contribution in [0, 0.1) is 0 Å². The lowest BCUT2D eigenvalue weighted by atomic mass is 9.98. The number of aliphatic hydroxyl groups is 1. The van der Waals surface area contributed by atoms with E-state index in [4.69, 9.17) is 32.9 Å². The van der Waals surface area contributed by atoms with Crippen molar-refractivity contribution < 1.29 is 19.7 Å². The van der Waals surface area contributed by atoms with Gasteiger partial charge in [-0.1, -0.05) is 59.6 Å². The number of fused-ring (bicyclic) bond motifs is 1. The molecule has 0 saturated heterocycles. The van der Waals surface area contributed by atoms with E-state index in [0.717, 1.165) is 38.9 Å². The van der Waals surface area contributed by atoms with Crippen LogP contribution in [0.1, 0.15) is 23.6 Å². The molecule has 3 heterocycles. The normalized spacial score (nSPS) is 13.3. The zero-order valence-electron chi connectivity index (χ0n) is 22.0. The number of amides is 1. The molecule has 40 heavy (non-hydrogen) atoms. The molecule has 0 radical (unpaired) electrons. The predicted molar refractivity (Wildman–Crippen MR) is 156 cm³/mol. The lowest BCUT2D eigenvalue weighted by molar-refractivity contribution is 0.145. The van der Waals surface area contributed by atoms with Gasteiger partial charge in [-0.2, -0.15) is 0 Å². The number of nitrogens with one attached hydrogen (secondary N) is 1. The van der Waals surface area contributed by atoms with E-state index in [0.29, 0.717) is 53.5 Å². The number of ether oxygens (including phenoxy) is 1. The zero-order chi connectivity index (χ0) is 28.4. The van der Waals surface area contributed by atoms with Crippen LogP contribution in [-0.4, -0.2) is 50.9 Å². The molecule has 0 spiro atoms. The molecule has 2 aromatic heterocycles. The Morgan fingerprint density at radius 3 is 2.55 bits per heavy atom. The molecule has 2 aromatic carbocycles. The molecule has 0 fully saturated rings. The first-order valence-electron chi connectivity index (χ1n) is 12.7. The second-order valence-electron chi connectivity index (χ2n) is 9.66. The second kappa shape index (κ2) is 11.8. The van der Waals surface area contributed by atoms with Gasteiger partial charge in [0, 0.05) is 60.2 Å². The number of hydrogen-bond acceptors (Lipinski definition) is 6. The number of hydrogen-bond donors (Lipinski definition) is 3. The van der Waals surface area contributed by atoms with Gasteiger partial charge in [0.2, 0.25) is 5.88 Å². The summed E-state index contributed by atoms with van der Waals surface area (Å²) in [6, 6.07) is 17.1. The van der Waals surface area contributed by atoms with Gasteiger partial charge < -0.3 is 20.3 Å². The van der Waals surface area contributed by atoms with E-state index < -0.39 is 12.2 Å². The largest absolute Gasteiger partial charge is 0.481 e. The van der Waals surface area contributed by atoms with Crippen LogP contribution in [0.15, 0.2) is 60.8 Å². The highest BCUT2D eigenvalue weighted by molar-refractivity contribution is 6.39. The minimum atomic E-state index is -0.944. The summed E-state index contributed by atoms with van der Waals surface area (Å²) in [6.45, 7) is 3.38. The van der Waals surface area contributed by atoms with E-state index >= 15 is 0 Å². The summed E-state index contributed by atoms with van der Waals surface area (Å²) in [7, 11) is 1.57. The van der Waals surface area contributed by atoms with Crippen LogP contribution >= 0.6 is 23.2 Å². The number of carboxylic acid groups (broad SMARTS) is 1. The molecule has 1 atom stereocenters. The highest BCUT2D eigenvalue weighted by Gasteiger charge is 2.24. The van der Waals surface area contributed by atoms with Crippen LogP contribution in [-0.2, 0) is 19.6 Å². The average Bonchev–Trinajstić information content (AvgIpc) is 3.38. The molecule has 1 unspecified atom stereocenters. The monoisotopic (exact) mass is 578 g/mol. The molecule has 1 amide bonds. The molecule has 1 aliphatic heterocycles. The number of methoxy groups -OCH3 is 1. The lowest BCUT2D eigenvalue weighted by Gasteiger charge is -2.15. The van der Waals surface area contributed by atoms with Gasteiger partial charge in [0.1, 0.15) is 0 Å². The van der Waals surface area contributed by atoms with Crippen molar-refractivity contribution in [3.8, 4) is 39.5 Å². The van der Waals surface area contributed by atoms with E-state index in [-0.39, 0.29) is 0 Å². The minimum Gasteiger partial charge on any atom is -0.481 e. The Morgan fingerprint density at radius 1 is 1.05 bits per heavy atom. The van der Waals surface area contributed by atoms with Crippen molar-refractivity contribution in [2.24, 2.45) is 0 Å². The van der Waals surface area contributed by atoms with Crippen molar-refractivity contribution in [2.45, 2.75) is 32.7 Å². The predicted octanol–water partition coefficient (Wildman–Crippen LogP) is 6.26. The van der Waals surface area contributed by atoms with Crippen molar-refractivity contribution in [1.29, 1.82) is 0 Å². The van der Waals surface area contributed by atoms with E-state index in [1.165, 1.54) is 4.90 Å². The number of nitrogens with zero attached hydrogens (tertiary/aromatic N) is 3. The first kappa shape index (κ1) is 27.9. The molecule has 206 valence electrons. The topological polar surface area (TPSA) is 108 Å². The molecular weight excluding hydrogens is 551 g/mol. The SMILES string of the molecule is COc1nc(-c2cccc(-c3ccnc(-c4ccc5c(c4)CN(C(=O)O)C5)c3Cl)c2Cl)ccc1CNCC(C)O. The quantitative estimate of drug-likeness (QED) is 0.226. The van der Waals surface area contributed by atoms with Gasteiger partial charge in [-0.25, -0.2) is 9.78 Å². The summed E-state index contributed by atoms with van der Waals surface area (Å²) in [5, 5.41) is 23.0. The Labute approximate surface area is 242 Å². The third-order valence-electron chi connectivity index (χ3n) is 6.81. The summed E-state index contributed by atoms with van der Waals surface area (Å²) < 4.78 is 5.53. The molecule has 1 aliphatic rings. The molecule has 8 nitrogen and oxygen atoms in total. The molecular formula is C30H28Cl2N4O4. The van der Waals surface area contributed by atoms with Crippen molar-refractivity contribution >= 4 is 29.3 Å². The zero-order valence-corrected chi connectivity index (χ0v) is 23.5. The third kappa shape index (κ3) is 5.62. The van der Waals surface area contributed by atoms with E-state index in [1.807, 2.05) is 54.6 Å². The Balaban J connectivity index is 1.48. The van der Waals surface area contributed by atoms with E-state index in [9.17, 15) is 15.0 Å². The molecule has 0 bridgehead atoms. The summed E-state index contributed by atoms with van der Waals surface area (Å²) in [5.41, 5.74) is 6.99. The lowest BCUT2D eigenvalue weighted by Crippen LogP contribution is -2.24. The summed E-state index contributed by atoms with van der Waals surface area (Å²) in [5.74, 6) is 0.472. The second-order valence-corrected chi connectivity index (χ2v) is 10.4. The number of aromatic nitrogens is 2. The van der Waals surface area contributed by atoms with Crippen LogP contribution in [0.3, 0.4) is 0 Å². The minimum absolute atomic E-state index is 0.329. The summed E-state index contributed by atoms with van der Waals surface area (Å²) >= 11 is 13.9. The van der Waals surface area contributed by atoms with Crippen LogP contribution in [0.2, 0.25) is 10.0 Å². The van der Waals surface area contributed by atoms with Crippen molar-refractivity contribution in [1.82, 2.24) is 20.2 Å². The maximum atomic E-state index is 11.4. The third-order valence-corrected chi connectivity index (χ3v) is 7.60. The van der Waals surface area contributed by atoms with Crippen LogP contribution in [0.4, 0.5) is 4.79 Å². The number of aliphatic hydroxyl groups excluding tert-OH is 1. The average molecular weight is 579 g/mol. The molecule has 3 N–H and O–H groups in total. The fourth-order valence-corrected chi connectivity index (χ4v) is 5.46. The Kier molecular flexibility index (Phi) is 8.23. The van der Waals surface area contributed by atoms with E-state index in [2.05, 4.69) is 10.3 Å². The van der Waals surface area contributed by atoms with Crippen molar-refractivity contribution in [3.05, 3.63) is 87.5 Å². The summed E-state index contributed by atoms with van der Waals surface area (Å²) in [6.07, 6.45) is 0.289. The van der Waals surface area contributed by atoms with Gasteiger partial charge in [0.15, 0.2) is 0 Å². The number of benzene rings is 2. The van der Waals surface area contributed by atoms with Gasteiger partial charge in [-0.05, 0) is 36.2 Å². The highest BCUT2D eigenvalue weighted by atomic mass is 35.5. The van der Waals surface area contributed by atoms with Crippen LogP contribution < -0.4 is 10.1 Å². The molecule has 0 saturated carbocycles. The maximum absolute atomic E-state index is 11.4. The van der Waals surface area contributed by atoms with Crippen LogP contribution in [0.25, 0.3) is 33.6 Å². The van der Waals surface area contributed by atoms with E-state index in [1.54, 1.807) is 20.2 Å². The molecule has 10 heteroatoms. The molecule has 4 aromatic rings. The number of halogens is 2. The van der Waals surface area contributed by atoms with Gasteiger partial charge in [0.05, 0.1) is 34.6 Å². The first-order valence-corrected chi connectivity index (χ1v) is 13.5. The standard InChI is InChI=1S/C30H28Cl2N4O4/c1-17(37)13-33-14-19-8-9-25(35-29(19)40-2)24-5-3-4-22(26(24)31)23-10-11-34-28(27(23)32)18-6-7-20-15-36(30(38)39)16-21(20)12-18/h3-12,17,33,37H,13-16H2,1-2H3,(H,38,39). The number of rotatable bonds is 8. The van der Waals surface area contributed by atoms with Gasteiger partial charge >= 0.3 is 6.09 Å². The van der Waals surface area contributed by atoms with Crippen molar-refractivity contribution in [2.75, 3.05) is 13.7 Å². The molecule has 5 rings (SSSR count).